The minimum Gasteiger partial charge on any atom is 2.00 e. The monoisotopic (exact) mass is 749 g/mol. The number of hydrogen-bond acceptors (Lipinski definition) is 6. The number of nitriles is 1. The Morgan fingerprint density at radius 3 is 1.22 bits per heavy atom. The fourth-order valence-corrected chi connectivity index (χ4v) is 3.14. The van der Waals surface area contributed by atoms with Crippen LogP contribution in [0, 0.1) is 11.3 Å². The second-order valence-electron chi connectivity index (χ2n) is 8.08. The van der Waals surface area contributed by atoms with Gasteiger partial charge in [0.05, 0.1) is 34.5 Å². The van der Waals surface area contributed by atoms with E-state index in [0.717, 1.165) is 22.8 Å². The maximum absolute atomic E-state index is 10.7. The minimum absolute atomic E-state index is 0. The maximum atomic E-state index is 9.87. The molecule has 4 aromatic rings. The van der Waals surface area contributed by atoms with Gasteiger partial charge in [-0.3, -0.25) is 15.0 Å². The van der Waals surface area contributed by atoms with E-state index >= 15 is 0 Å². The molecule has 0 spiro atoms. The van der Waals surface area contributed by atoms with Crippen molar-refractivity contribution in [2.45, 2.75) is 12.5 Å². The van der Waals surface area contributed by atoms with E-state index in [1.807, 2.05) is 72.8 Å². The zero-order chi connectivity index (χ0) is 34.1. The summed E-state index contributed by atoms with van der Waals surface area (Å²) in [6, 6.07) is 24.8. The average molecular weight is 751 g/mol. The summed E-state index contributed by atoms with van der Waals surface area (Å²) in [6.07, 6.45) is 5.24. The molecule has 0 fully saturated rings. The first-order valence-electron chi connectivity index (χ1n) is 11.4. The summed E-state index contributed by atoms with van der Waals surface area (Å²) >= 11 is 0. The summed E-state index contributed by atoms with van der Waals surface area (Å²) in [4.78, 5) is 18.4. The Morgan fingerprint density at radius 2 is 0.911 bits per heavy atom. The molecular formula is C24H21F12N5OP2Zn. The van der Waals surface area contributed by atoms with Gasteiger partial charge in [-0.15, -0.1) is 0 Å². The number of pyridine rings is 4. The number of hydrogen-bond donors (Lipinski definition) is 0. The van der Waals surface area contributed by atoms with Crippen LogP contribution < -0.4 is 0 Å². The Hall–Kier alpha value is -3.31. The summed E-state index contributed by atoms with van der Waals surface area (Å²) in [7, 11) is -19.7. The maximum Gasteiger partial charge on any atom is 2.00 e. The second kappa shape index (κ2) is 13.6. The van der Waals surface area contributed by atoms with Crippen LogP contribution in [0.3, 0.4) is 0 Å². The fourth-order valence-electron chi connectivity index (χ4n) is 3.14. The quantitative estimate of drug-likeness (QED) is 0.115. The van der Waals surface area contributed by atoms with Crippen molar-refractivity contribution in [3.63, 3.8) is 0 Å². The SMILES string of the molecule is CC#N.COC(c1ccccn1)(c1ccccn1)c1cccc(-c2ccccn2)n1.F[P-](F)(F)(F)(F)F.F[P-](F)(F)(F)(F)F.[Zn+2]. The summed E-state index contributed by atoms with van der Waals surface area (Å²) < 4.78 is 124. The van der Waals surface area contributed by atoms with Crippen molar-refractivity contribution >= 4 is 15.6 Å². The Bertz CT molecular complexity index is 1450. The molecule has 0 atom stereocenters. The molecule has 6 nitrogen and oxygen atoms in total. The van der Waals surface area contributed by atoms with Gasteiger partial charge in [0.15, 0.2) is 5.60 Å². The molecular weight excluding hydrogens is 730 g/mol. The van der Waals surface area contributed by atoms with E-state index in [1.165, 1.54) is 6.92 Å². The van der Waals surface area contributed by atoms with Gasteiger partial charge in [-0.25, -0.2) is 4.98 Å². The van der Waals surface area contributed by atoms with Gasteiger partial charge in [-0.1, -0.05) is 24.3 Å². The number of halogens is 12. The Balaban J connectivity index is 0.000000893. The van der Waals surface area contributed by atoms with Gasteiger partial charge in [0, 0.05) is 32.6 Å². The van der Waals surface area contributed by atoms with Crippen LogP contribution in [-0.4, -0.2) is 27.0 Å². The second-order valence-corrected chi connectivity index (χ2v) is 11.9. The van der Waals surface area contributed by atoms with E-state index in [2.05, 4.69) is 15.0 Å². The van der Waals surface area contributed by atoms with Crippen LogP contribution >= 0.6 is 15.6 Å². The van der Waals surface area contributed by atoms with Crippen molar-refractivity contribution < 1.29 is 74.6 Å². The molecule has 4 aromatic heterocycles. The van der Waals surface area contributed by atoms with Crippen LogP contribution in [0.25, 0.3) is 11.4 Å². The summed E-state index contributed by atoms with van der Waals surface area (Å²) in [5, 5.41) is 7.32. The normalized spacial score (nSPS) is 14.2. The summed E-state index contributed by atoms with van der Waals surface area (Å²) in [6.45, 7) is 1.43. The minimum atomic E-state index is -10.7. The Kier molecular flexibility index (Phi) is 12.6. The van der Waals surface area contributed by atoms with E-state index in [4.69, 9.17) is 15.0 Å². The first kappa shape index (κ1) is 41.7. The molecule has 0 saturated carbocycles. The predicted octanol–water partition coefficient (Wildman–Crippen LogP) is 11.2. The van der Waals surface area contributed by atoms with Gasteiger partial charge < -0.3 is 4.74 Å². The molecule has 0 bridgehead atoms. The number of methoxy groups -OCH3 is 1. The molecule has 244 valence electrons. The first-order valence-corrected chi connectivity index (χ1v) is 15.4. The van der Waals surface area contributed by atoms with Crippen molar-refractivity contribution in [1.29, 1.82) is 5.26 Å². The zero-order valence-electron chi connectivity index (χ0n) is 22.9. The third-order valence-electron chi connectivity index (χ3n) is 4.39. The standard InChI is InChI=1S/C22H18N4O.C2H3N.2F6P.Zn/c1-27-22(19-11-3-6-15-24-19,20-12-4-7-16-25-20)21-13-8-10-18(26-21)17-9-2-5-14-23-17;1-2-3;2*1-7(2,3,4,5)6;/h2-16H,1H3;1H3;;;/q;;2*-1;+2. The molecule has 4 rings (SSSR count). The molecule has 21 heteroatoms. The van der Waals surface area contributed by atoms with E-state index < -0.39 is 21.2 Å². The largest absolute Gasteiger partial charge is 2.00 e. The van der Waals surface area contributed by atoms with Gasteiger partial charge in [0.1, 0.15) is 0 Å². The molecule has 0 radical (unpaired) electrons. The summed E-state index contributed by atoms with van der Waals surface area (Å²) in [5.41, 5.74) is 2.68. The zero-order valence-corrected chi connectivity index (χ0v) is 27.7. The van der Waals surface area contributed by atoms with E-state index in [0.29, 0.717) is 5.69 Å². The van der Waals surface area contributed by atoms with Gasteiger partial charge in [0.2, 0.25) is 0 Å². The molecule has 0 unspecified atom stereocenters. The number of aromatic nitrogens is 4. The van der Waals surface area contributed by atoms with Crippen LogP contribution in [0.4, 0.5) is 50.4 Å². The number of rotatable bonds is 5. The van der Waals surface area contributed by atoms with Gasteiger partial charge in [-0.2, -0.15) is 5.26 Å². The van der Waals surface area contributed by atoms with Gasteiger partial charge in [-0.05, 0) is 48.5 Å². The van der Waals surface area contributed by atoms with Crippen LogP contribution in [-0.2, 0) is 29.8 Å². The van der Waals surface area contributed by atoms with Crippen molar-refractivity contribution in [2.24, 2.45) is 0 Å². The fraction of sp³-hybridized carbons (Fsp3) is 0.125. The smallest absolute Gasteiger partial charge is 2.00 e. The average Bonchev–Trinajstić information content (AvgIpc) is 2.88. The van der Waals surface area contributed by atoms with Gasteiger partial charge in [0.25, 0.3) is 0 Å². The first-order chi connectivity index (χ1) is 19.7. The van der Waals surface area contributed by atoms with E-state index in [-0.39, 0.29) is 19.5 Å². The number of nitrogens with zero attached hydrogens (tertiary/aromatic N) is 5. The van der Waals surface area contributed by atoms with Crippen LogP contribution in [0.5, 0.6) is 0 Å². The van der Waals surface area contributed by atoms with E-state index in [1.54, 1.807) is 31.8 Å². The van der Waals surface area contributed by atoms with Crippen molar-refractivity contribution in [3.05, 3.63) is 108 Å². The van der Waals surface area contributed by atoms with Crippen LogP contribution in [0.15, 0.2) is 91.4 Å². The molecule has 0 aliphatic rings. The molecule has 0 saturated heterocycles. The Morgan fingerprint density at radius 1 is 0.578 bits per heavy atom. The number of ether oxygens (including phenoxy) is 1. The van der Waals surface area contributed by atoms with Crippen LogP contribution in [0.1, 0.15) is 24.0 Å². The third kappa shape index (κ3) is 19.6. The summed E-state index contributed by atoms with van der Waals surface area (Å²) in [5.74, 6) is 0. The van der Waals surface area contributed by atoms with Crippen molar-refractivity contribution in [2.75, 3.05) is 7.11 Å². The molecule has 0 aromatic carbocycles. The predicted molar refractivity (Wildman–Crippen MR) is 141 cm³/mol. The van der Waals surface area contributed by atoms with Crippen molar-refractivity contribution in [1.82, 2.24) is 19.9 Å². The van der Waals surface area contributed by atoms with Crippen molar-refractivity contribution in [3.8, 4) is 17.5 Å². The topological polar surface area (TPSA) is 84.6 Å². The van der Waals surface area contributed by atoms with Gasteiger partial charge >= 0.3 is 85.5 Å². The Labute approximate surface area is 260 Å². The molecule has 0 aliphatic heterocycles. The molecule has 0 N–H and O–H groups in total. The molecule has 4 heterocycles. The van der Waals surface area contributed by atoms with E-state index in [9.17, 15) is 50.4 Å². The third-order valence-corrected chi connectivity index (χ3v) is 4.39. The molecule has 45 heavy (non-hydrogen) atoms. The molecule has 0 aliphatic carbocycles. The molecule has 0 amide bonds. The van der Waals surface area contributed by atoms with Crippen LogP contribution in [0.2, 0.25) is 0 Å².